The second-order valence-corrected chi connectivity index (χ2v) is 3.73. The Labute approximate surface area is 102 Å². The Balaban J connectivity index is 2.85. The third kappa shape index (κ3) is 4.07. The first-order chi connectivity index (χ1) is 8.21. The number of methoxy groups -OCH3 is 1. The molecule has 0 saturated heterocycles. The van der Waals surface area contributed by atoms with Crippen LogP contribution in [0.1, 0.15) is 25.3 Å². The van der Waals surface area contributed by atoms with Crippen molar-refractivity contribution in [1.29, 1.82) is 0 Å². The molecule has 0 unspecified atom stereocenters. The van der Waals surface area contributed by atoms with Crippen LogP contribution in [0.5, 0.6) is 11.5 Å². The van der Waals surface area contributed by atoms with Crippen LogP contribution in [-0.4, -0.2) is 20.1 Å². The Hall–Kier alpha value is -1.55. The molecule has 0 fully saturated rings. The standard InChI is InChI=1S/C13H19NO3/c1-4-5-13(15)17-12-7-6-11(16-3)8-10(12)9-14-2/h6-8,14H,4-5,9H2,1-3H3. The van der Waals surface area contributed by atoms with Crippen molar-refractivity contribution in [2.45, 2.75) is 26.3 Å². The van der Waals surface area contributed by atoms with E-state index in [4.69, 9.17) is 9.47 Å². The Morgan fingerprint density at radius 2 is 2.18 bits per heavy atom. The molecule has 94 valence electrons. The maximum atomic E-state index is 11.4. The van der Waals surface area contributed by atoms with Gasteiger partial charge in [-0.3, -0.25) is 4.79 Å². The van der Waals surface area contributed by atoms with E-state index in [0.29, 0.717) is 18.7 Å². The van der Waals surface area contributed by atoms with Gasteiger partial charge in [-0.05, 0) is 31.7 Å². The molecule has 17 heavy (non-hydrogen) atoms. The maximum Gasteiger partial charge on any atom is 0.311 e. The fourth-order valence-corrected chi connectivity index (χ4v) is 1.49. The van der Waals surface area contributed by atoms with Crippen molar-refractivity contribution in [2.75, 3.05) is 14.2 Å². The van der Waals surface area contributed by atoms with Gasteiger partial charge in [-0.2, -0.15) is 0 Å². The molecule has 1 rings (SSSR count). The van der Waals surface area contributed by atoms with Crippen molar-refractivity contribution in [3.8, 4) is 11.5 Å². The molecule has 1 aromatic carbocycles. The van der Waals surface area contributed by atoms with Crippen molar-refractivity contribution < 1.29 is 14.3 Å². The quantitative estimate of drug-likeness (QED) is 0.608. The van der Waals surface area contributed by atoms with E-state index in [1.165, 1.54) is 0 Å². The van der Waals surface area contributed by atoms with Crippen LogP contribution in [0.15, 0.2) is 18.2 Å². The summed E-state index contributed by atoms with van der Waals surface area (Å²) in [6.07, 6.45) is 1.22. The highest BCUT2D eigenvalue weighted by atomic mass is 16.5. The van der Waals surface area contributed by atoms with E-state index in [1.54, 1.807) is 19.2 Å². The molecule has 0 bridgehead atoms. The van der Waals surface area contributed by atoms with Gasteiger partial charge in [0.15, 0.2) is 0 Å². The number of hydrogen-bond acceptors (Lipinski definition) is 4. The summed E-state index contributed by atoms with van der Waals surface area (Å²) < 4.78 is 10.4. The highest BCUT2D eigenvalue weighted by Crippen LogP contribution is 2.24. The minimum Gasteiger partial charge on any atom is -0.497 e. The lowest BCUT2D eigenvalue weighted by Crippen LogP contribution is -2.12. The van der Waals surface area contributed by atoms with Gasteiger partial charge in [-0.25, -0.2) is 0 Å². The number of rotatable bonds is 6. The van der Waals surface area contributed by atoms with E-state index < -0.39 is 0 Å². The van der Waals surface area contributed by atoms with Crippen LogP contribution >= 0.6 is 0 Å². The van der Waals surface area contributed by atoms with E-state index in [0.717, 1.165) is 17.7 Å². The zero-order valence-corrected chi connectivity index (χ0v) is 10.6. The van der Waals surface area contributed by atoms with Crippen LogP contribution in [0.25, 0.3) is 0 Å². The predicted molar refractivity (Wildman–Crippen MR) is 66.3 cm³/mol. The highest BCUT2D eigenvalue weighted by Gasteiger charge is 2.09. The largest absolute Gasteiger partial charge is 0.497 e. The molecule has 4 nitrogen and oxygen atoms in total. The molecule has 0 aliphatic rings. The van der Waals surface area contributed by atoms with E-state index >= 15 is 0 Å². The zero-order chi connectivity index (χ0) is 12.7. The molecule has 0 amide bonds. The molecule has 0 aliphatic carbocycles. The maximum absolute atomic E-state index is 11.4. The molecule has 4 heteroatoms. The topological polar surface area (TPSA) is 47.6 Å². The van der Waals surface area contributed by atoms with Crippen LogP contribution in [0, 0.1) is 0 Å². The normalized spacial score (nSPS) is 10.1. The lowest BCUT2D eigenvalue weighted by Gasteiger charge is -2.11. The summed E-state index contributed by atoms with van der Waals surface area (Å²) in [4.78, 5) is 11.4. The monoisotopic (exact) mass is 237 g/mol. The van der Waals surface area contributed by atoms with Gasteiger partial charge in [-0.15, -0.1) is 0 Å². The van der Waals surface area contributed by atoms with Crippen molar-refractivity contribution in [3.63, 3.8) is 0 Å². The Bertz CT molecular complexity index is 377. The molecular weight excluding hydrogens is 218 g/mol. The van der Waals surface area contributed by atoms with Crippen molar-refractivity contribution in [1.82, 2.24) is 5.32 Å². The minimum atomic E-state index is -0.199. The minimum absolute atomic E-state index is 0.199. The third-order valence-electron chi connectivity index (χ3n) is 2.31. The number of ether oxygens (including phenoxy) is 2. The third-order valence-corrected chi connectivity index (χ3v) is 2.31. The van der Waals surface area contributed by atoms with E-state index in [-0.39, 0.29) is 5.97 Å². The molecule has 0 aromatic heterocycles. The number of carbonyl (C=O) groups excluding carboxylic acids is 1. The lowest BCUT2D eigenvalue weighted by atomic mass is 10.2. The number of nitrogens with one attached hydrogen (secondary N) is 1. The SMILES string of the molecule is CCCC(=O)Oc1ccc(OC)cc1CNC. The summed E-state index contributed by atoms with van der Waals surface area (Å²) in [5.41, 5.74) is 0.913. The van der Waals surface area contributed by atoms with E-state index in [2.05, 4.69) is 5.32 Å². The zero-order valence-electron chi connectivity index (χ0n) is 10.6. The molecule has 0 aliphatic heterocycles. The van der Waals surface area contributed by atoms with E-state index in [9.17, 15) is 4.79 Å². The van der Waals surface area contributed by atoms with E-state index in [1.807, 2.05) is 20.0 Å². The van der Waals surface area contributed by atoms with Gasteiger partial charge >= 0.3 is 5.97 Å². The van der Waals surface area contributed by atoms with Gasteiger partial charge < -0.3 is 14.8 Å². The second-order valence-electron chi connectivity index (χ2n) is 3.73. The number of esters is 1. The van der Waals surface area contributed by atoms with Gasteiger partial charge in [0.1, 0.15) is 11.5 Å². The summed E-state index contributed by atoms with van der Waals surface area (Å²) in [6.45, 7) is 2.58. The van der Waals surface area contributed by atoms with Crippen molar-refractivity contribution in [3.05, 3.63) is 23.8 Å². The Kier molecular flexibility index (Phi) is 5.49. The number of hydrogen-bond donors (Lipinski definition) is 1. The number of carbonyl (C=O) groups is 1. The fraction of sp³-hybridized carbons (Fsp3) is 0.462. The van der Waals surface area contributed by atoms with Crippen molar-refractivity contribution >= 4 is 5.97 Å². The summed E-state index contributed by atoms with van der Waals surface area (Å²) in [6, 6.07) is 5.41. The van der Waals surface area contributed by atoms with Gasteiger partial charge in [0, 0.05) is 18.5 Å². The molecule has 1 N–H and O–H groups in total. The van der Waals surface area contributed by atoms with Crippen molar-refractivity contribution in [2.24, 2.45) is 0 Å². The first-order valence-electron chi connectivity index (χ1n) is 5.73. The summed E-state index contributed by atoms with van der Waals surface area (Å²) in [5, 5.41) is 3.03. The van der Waals surface area contributed by atoms with Crippen LogP contribution in [0.4, 0.5) is 0 Å². The molecule has 0 radical (unpaired) electrons. The summed E-state index contributed by atoms with van der Waals surface area (Å²) >= 11 is 0. The lowest BCUT2D eigenvalue weighted by molar-refractivity contribution is -0.134. The Morgan fingerprint density at radius 3 is 2.76 bits per heavy atom. The Morgan fingerprint density at radius 1 is 1.41 bits per heavy atom. The molecule has 0 atom stereocenters. The van der Waals surface area contributed by atoms with Gasteiger partial charge in [-0.1, -0.05) is 6.92 Å². The highest BCUT2D eigenvalue weighted by molar-refractivity contribution is 5.72. The predicted octanol–water partition coefficient (Wildman–Crippen LogP) is 2.12. The first kappa shape index (κ1) is 13.5. The molecule has 0 spiro atoms. The van der Waals surface area contributed by atoms with Gasteiger partial charge in [0.2, 0.25) is 0 Å². The molecule has 1 aromatic rings. The molecular formula is C13H19NO3. The van der Waals surface area contributed by atoms with Crippen LogP contribution in [-0.2, 0) is 11.3 Å². The fourth-order valence-electron chi connectivity index (χ4n) is 1.49. The van der Waals surface area contributed by atoms with Crippen LogP contribution in [0.3, 0.4) is 0 Å². The average molecular weight is 237 g/mol. The smallest absolute Gasteiger partial charge is 0.311 e. The number of benzene rings is 1. The first-order valence-corrected chi connectivity index (χ1v) is 5.73. The van der Waals surface area contributed by atoms with Gasteiger partial charge in [0.25, 0.3) is 0 Å². The summed E-state index contributed by atoms with van der Waals surface area (Å²) in [5.74, 6) is 1.15. The van der Waals surface area contributed by atoms with Crippen LogP contribution < -0.4 is 14.8 Å². The molecule has 0 saturated carbocycles. The summed E-state index contributed by atoms with van der Waals surface area (Å²) in [7, 11) is 3.46. The second kappa shape index (κ2) is 6.91. The molecule has 0 heterocycles. The van der Waals surface area contributed by atoms with Crippen LogP contribution in [0.2, 0.25) is 0 Å². The van der Waals surface area contributed by atoms with Gasteiger partial charge in [0.05, 0.1) is 7.11 Å². The average Bonchev–Trinajstić information content (AvgIpc) is 2.32.